The summed E-state index contributed by atoms with van der Waals surface area (Å²) in [6.45, 7) is 0. The largest absolute Gasteiger partial charge is 0.550 e. The zero-order valence-electron chi connectivity index (χ0n) is 15.9. The lowest BCUT2D eigenvalue weighted by Crippen LogP contribution is -2.98. The van der Waals surface area contributed by atoms with E-state index in [2.05, 4.69) is 0 Å². The number of quaternary nitrogens is 1. The van der Waals surface area contributed by atoms with Crippen LogP contribution < -0.4 is 25.7 Å². The van der Waals surface area contributed by atoms with E-state index in [-0.39, 0.29) is 11.1 Å². The van der Waals surface area contributed by atoms with Gasteiger partial charge in [-0.05, 0) is 0 Å². The number of carbonyl (C=O) groups is 4. The van der Waals surface area contributed by atoms with Gasteiger partial charge in [-0.2, -0.15) is 0 Å². The van der Waals surface area contributed by atoms with E-state index in [1.807, 2.05) is 0 Å². The van der Waals surface area contributed by atoms with Gasteiger partial charge in [0.1, 0.15) is 11.1 Å². The lowest BCUT2D eigenvalue weighted by Gasteiger charge is -2.47. The quantitative estimate of drug-likeness (QED) is 0.480. The molecular weight excluding hydrogens is 406 g/mol. The van der Waals surface area contributed by atoms with Crippen molar-refractivity contribution >= 4 is 23.9 Å². The van der Waals surface area contributed by atoms with Crippen molar-refractivity contribution in [1.82, 2.24) is 0 Å². The number of benzene rings is 2. The Bertz CT molecular complexity index is 942. The standard InChI is InChI=1S/C22H19NO8/c24-17(25)13-15(19(28)29)22(12-9-5-2-6-10-12)16(20(30)31)14(18(26)27)21(13,23-22)11-7-3-1-4-8-11/h1-10,13-16,23H,(H,24,25)(H,26,27)(H,28,29)(H,30,31)/p-3/t13-,14-,15+,16+,21?,22?. The van der Waals surface area contributed by atoms with Gasteiger partial charge < -0.3 is 44.9 Å². The molecule has 2 aromatic carbocycles. The molecule has 2 fully saturated rings. The molecule has 0 radical (unpaired) electrons. The Morgan fingerprint density at radius 3 is 1.03 bits per heavy atom. The van der Waals surface area contributed by atoms with E-state index in [0.29, 0.717) is 0 Å². The molecule has 0 aromatic heterocycles. The first-order valence-corrected chi connectivity index (χ1v) is 9.51. The Balaban J connectivity index is 2.16. The topological polar surface area (TPSA) is 177 Å². The van der Waals surface area contributed by atoms with E-state index >= 15 is 0 Å². The maximum Gasteiger partial charge on any atom is 0.140 e. The Morgan fingerprint density at radius 2 is 0.806 bits per heavy atom. The van der Waals surface area contributed by atoms with Crippen molar-refractivity contribution in [2.45, 2.75) is 11.1 Å². The second kappa shape index (κ2) is 6.92. The van der Waals surface area contributed by atoms with Crippen molar-refractivity contribution in [3.05, 3.63) is 71.8 Å². The van der Waals surface area contributed by atoms with Crippen LogP contribution in [0.3, 0.4) is 0 Å². The molecule has 2 heterocycles. The molecule has 4 rings (SSSR count). The zero-order chi connectivity index (χ0) is 22.6. The minimum absolute atomic E-state index is 0.131. The summed E-state index contributed by atoms with van der Waals surface area (Å²) < 4.78 is 0. The molecule has 4 atom stereocenters. The van der Waals surface area contributed by atoms with Crippen molar-refractivity contribution < 1.29 is 44.9 Å². The first-order chi connectivity index (χ1) is 14.7. The van der Waals surface area contributed by atoms with Crippen molar-refractivity contribution in [2.24, 2.45) is 23.7 Å². The molecule has 2 aliphatic rings. The van der Waals surface area contributed by atoms with Crippen molar-refractivity contribution in [2.75, 3.05) is 0 Å². The molecule has 0 spiro atoms. The minimum Gasteiger partial charge on any atom is -0.550 e. The highest BCUT2D eigenvalue weighted by molar-refractivity contribution is 5.89. The number of hydrogen-bond acceptors (Lipinski definition) is 8. The first-order valence-electron chi connectivity index (χ1n) is 9.51. The van der Waals surface area contributed by atoms with Gasteiger partial charge in [-0.3, -0.25) is 0 Å². The summed E-state index contributed by atoms with van der Waals surface area (Å²) in [4.78, 5) is 49.2. The highest BCUT2D eigenvalue weighted by atomic mass is 16.4. The van der Waals surface area contributed by atoms with Gasteiger partial charge in [0, 0.05) is 11.1 Å². The maximum absolute atomic E-state index is 12.3. The highest BCUT2D eigenvalue weighted by Crippen LogP contribution is 2.60. The number of hydrogen-bond donors (Lipinski definition) is 1. The molecule has 0 unspecified atom stereocenters. The van der Waals surface area contributed by atoms with Crippen LogP contribution in [0.1, 0.15) is 11.1 Å². The van der Waals surface area contributed by atoms with Crippen LogP contribution in [-0.2, 0) is 30.3 Å². The first kappa shape index (κ1) is 20.5. The van der Waals surface area contributed by atoms with Crippen molar-refractivity contribution in [3.8, 4) is 0 Å². The lowest BCUT2D eigenvalue weighted by molar-refractivity contribution is -0.772. The molecule has 0 aliphatic carbocycles. The normalized spacial score (nSPS) is 33.7. The van der Waals surface area contributed by atoms with Crippen LogP contribution in [0.5, 0.6) is 0 Å². The predicted octanol–water partition coefficient (Wildman–Crippen LogP) is -5.17. The Kier molecular flexibility index (Phi) is 4.58. The molecule has 2 N–H and O–H groups in total. The average molecular weight is 422 g/mol. The molecule has 9 heteroatoms. The zero-order valence-corrected chi connectivity index (χ0v) is 15.9. The number of carboxylic acids is 4. The number of nitrogens with two attached hydrogens (primary N) is 1. The van der Waals surface area contributed by atoms with Crippen molar-refractivity contribution in [3.63, 3.8) is 0 Å². The predicted molar refractivity (Wildman–Crippen MR) is 92.2 cm³/mol. The summed E-state index contributed by atoms with van der Waals surface area (Å²) in [5, 5.41) is 50.4. The third-order valence-electron chi connectivity index (χ3n) is 6.77. The van der Waals surface area contributed by atoms with E-state index in [0.717, 1.165) is 0 Å². The highest BCUT2D eigenvalue weighted by Gasteiger charge is 2.80. The molecule has 2 aliphatic heterocycles. The minimum atomic E-state index is -2.04. The van der Waals surface area contributed by atoms with Crippen molar-refractivity contribution in [1.29, 1.82) is 0 Å². The summed E-state index contributed by atoms with van der Waals surface area (Å²) in [6, 6.07) is 15.0. The van der Waals surface area contributed by atoms with Gasteiger partial charge in [0.2, 0.25) is 0 Å². The molecule has 2 bridgehead atoms. The number of carboxylic acid groups (broad SMARTS) is 4. The average Bonchev–Trinajstić information content (AvgIpc) is 3.24. The molecular formula is C22H16NO8-3. The molecule has 2 aromatic rings. The Morgan fingerprint density at radius 1 is 0.548 bits per heavy atom. The van der Waals surface area contributed by atoms with Crippen LogP contribution in [-0.4, -0.2) is 23.9 Å². The summed E-state index contributed by atoms with van der Waals surface area (Å²) >= 11 is 0. The number of rotatable bonds is 6. The number of carbonyl (C=O) groups excluding carboxylic acids is 4. The summed E-state index contributed by atoms with van der Waals surface area (Å²) in [7, 11) is 0. The monoisotopic (exact) mass is 422 g/mol. The van der Waals surface area contributed by atoms with Gasteiger partial charge in [-0.1, -0.05) is 60.7 Å². The van der Waals surface area contributed by atoms with E-state index in [4.69, 9.17) is 0 Å². The van der Waals surface area contributed by atoms with Gasteiger partial charge in [-0.25, -0.2) is 0 Å². The molecule has 2 saturated heterocycles. The summed E-state index contributed by atoms with van der Waals surface area (Å²) in [5.74, 6) is -15.0. The van der Waals surface area contributed by atoms with Gasteiger partial charge in [0.25, 0.3) is 0 Å². The fourth-order valence-corrected chi connectivity index (χ4v) is 5.91. The lowest BCUT2D eigenvalue weighted by atomic mass is 9.54. The number of aliphatic carboxylic acids is 4. The molecule has 9 nitrogen and oxygen atoms in total. The van der Waals surface area contributed by atoms with Gasteiger partial charge in [-0.15, -0.1) is 0 Å². The Hall–Kier alpha value is -3.72. The van der Waals surface area contributed by atoms with E-state index in [1.165, 1.54) is 53.8 Å². The Labute approximate surface area is 175 Å². The van der Waals surface area contributed by atoms with Crippen LogP contribution in [0.4, 0.5) is 0 Å². The van der Waals surface area contributed by atoms with E-state index in [9.17, 15) is 39.6 Å². The SMILES string of the molecule is O=C([O-])[C@@H]1[C@H](C(=O)[O-])C2(c3ccccc3)[NH2+]C1(c1ccccc1)[C@H](C(=O)[O-])[C@@H]2C(=O)[O-]. The molecule has 160 valence electrons. The summed E-state index contributed by atoms with van der Waals surface area (Å²) in [6.07, 6.45) is 0. The van der Waals surface area contributed by atoms with E-state index in [1.54, 1.807) is 12.1 Å². The van der Waals surface area contributed by atoms with Crippen LogP contribution in [0.15, 0.2) is 60.7 Å². The smallest absolute Gasteiger partial charge is 0.140 e. The second-order valence-corrected chi connectivity index (χ2v) is 7.93. The molecule has 31 heavy (non-hydrogen) atoms. The van der Waals surface area contributed by atoms with Gasteiger partial charge >= 0.3 is 0 Å². The third kappa shape index (κ3) is 2.53. The molecule has 0 amide bonds. The van der Waals surface area contributed by atoms with Crippen LogP contribution >= 0.6 is 0 Å². The van der Waals surface area contributed by atoms with Gasteiger partial charge in [0.05, 0.1) is 47.5 Å². The van der Waals surface area contributed by atoms with E-state index < -0.39 is 58.6 Å². The third-order valence-corrected chi connectivity index (χ3v) is 6.77. The molecule has 0 saturated carbocycles. The fraction of sp³-hybridized carbons (Fsp3) is 0.273. The van der Waals surface area contributed by atoms with Crippen LogP contribution in [0.2, 0.25) is 0 Å². The summed E-state index contributed by atoms with van der Waals surface area (Å²) in [5.41, 5.74) is -3.81. The number of fused-ring (bicyclic) bond motifs is 2. The maximum atomic E-state index is 12.3. The van der Waals surface area contributed by atoms with Gasteiger partial charge in [0.15, 0.2) is 0 Å². The van der Waals surface area contributed by atoms with Crippen LogP contribution in [0, 0.1) is 23.7 Å². The van der Waals surface area contributed by atoms with Crippen LogP contribution in [0.25, 0.3) is 0 Å². The fourth-order valence-electron chi connectivity index (χ4n) is 5.91. The second-order valence-electron chi connectivity index (χ2n) is 7.93.